The Balaban J connectivity index is 2.79. The number of rotatable bonds is 5. The van der Waals surface area contributed by atoms with Crippen LogP contribution < -0.4 is 5.73 Å². The van der Waals surface area contributed by atoms with Crippen LogP contribution in [0.4, 0.5) is 0 Å². The zero-order valence-electron chi connectivity index (χ0n) is 9.66. The van der Waals surface area contributed by atoms with Crippen molar-refractivity contribution >= 4 is 0 Å². The van der Waals surface area contributed by atoms with Gasteiger partial charge in [0.25, 0.3) is 0 Å². The van der Waals surface area contributed by atoms with Crippen molar-refractivity contribution in [1.29, 1.82) is 0 Å². The average molecular weight is 207 g/mol. The van der Waals surface area contributed by atoms with Gasteiger partial charge in [0.05, 0.1) is 5.60 Å². The van der Waals surface area contributed by atoms with Crippen molar-refractivity contribution in [3.63, 3.8) is 0 Å². The first kappa shape index (κ1) is 12.2. The highest BCUT2D eigenvalue weighted by atomic mass is 16.3. The summed E-state index contributed by atoms with van der Waals surface area (Å²) in [5.41, 5.74) is 7.32. The lowest BCUT2D eigenvalue weighted by molar-refractivity contribution is 0.0397. The second-order valence-electron chi connectivity index (χ2n) is 4.28. The molecule has 1 unspecified atom stereocenters. The zero-order valence-corrected chi connectivity index (χ0v) is 9.66. The minimum Gasteiger partial charge on any atom is -0.388 e. The summed E-state index contributed by atoms with van der Waals surface area (Å²) in [6, 6.07) is 8.15. The lowest BCUT2D eigenvalue weighted by Gasteiger charge is -2.26. The van der Waals surface area contributed by atoms with Gasteiger partial charge in [-0.1, -0.05) is 37.6 Å². The van der Waals surface area contributed by atoms with Crippen molar-refractivity contribution in [2.45, 2.75) is 38.7 Å². The van der Waals surface area contributed by atoms with Gasteiger partial charge in [-0.15, -0.1) is 0 Å². The molecule has 3 N–H and O–H groups in total. The minimum atomic E-state index is -0.735. The van der Waals surface area contributed by atoms with Crippen LogP contribution in [-0.2, 0) is 6.42 Å². The number of hydrogen-bond donors (Lipinski definition) is 2. The molecule has 0 saturated heterocycles. The van der Waals surface area contributed by atoms with Crippen molar-refractivity contribution in [2.75, 3.05) is 6.54 Å². The maximum Gasteiger partial charge on any atom is 0.0809 e. The summed E-state index contributed by atoms with van der Waals surface area (Å²) < 4.78 is 0. The molecule has 1 aromatic carbocycles. The molecule has 0 aliphatic rings. The Labute approximate surface area is 92.1 Å². The van der Waals surface area contributed by atoms with Crippen LogP contribution >= 0.6 is 0 Å². The van der Waals surface area contributed by atoms with Gasteiger partial charge in [-0.05, 0) is 24.5 Å². The second kappa shape index (κ2) is 5.29. The van der Waals surface area contributed by atoms with E-state index in [0.29, 0.717) is 13.0 Å². The van der Waals surface area contributed by atoms with E-state index in [0.717, 1.165) is 12.8 Å². The third-order valence-corrected chi connectivity index (χ3v) is 2.88. The third-order valence-electron chi connectivity index (χ3n) is 2.88. The van der Waals surface area contributed by atoms with Gasteiger partial charge in [0, 0.05) is 13.0 Å². The minimum absolute atomic E-state index is 0.329. The monoisotopic (exact) mass is 207 g/mol. The van der Waals surface area contributed by atoms with Gasteiger partial charge >= 0.3 is 0 Å². The molecule has 0 aliphatic carbocycles. The highest BCUT2D eigenvalue weighted by Gasteiger charge is 2.24. The normalized spacial score (nSPS) is 14.9. The molecule has 1 aromatic rings. The Morgan fingerprint density at radius 1 is 1.33 bits per heavy atom. The molecule has 0 radical (unpaired) electrons. The number of nitrogens with two attached hydrogens (primary N) is 1. The standard InChI is InChI=1S/C13H21NO/c1-3-8-13(15,10-14)9-12-7-5-4-6-11(12)2/h4-7,15H,3,8-10,14H2,1-2H3. The topological polar surface area (TPSA) is 46.2 Å². The maximum absolute atomic E-state index is 10.3. The van der Waals surface area contributed by atoms with Crippen LogP contribution in [0, 0.1) is 6.92 Å². The Morgan fingerprint density at radius 2 is 2.00 bits per heavy atom. The van der Waals surface area contributed by atoms with E-state index < -0.39 is 5.60 Å². The molecule has 0 aliphatic heterocycles. The lowest BCUT2D eigenvalue weighted by atomic mass is 9.88. The van der Waals surface area contributed by atoms with Gasteiger partial charge in [-0.2, -0.15) is 0 Å². The Kier molecular flexibility index (Phi) is 4.30. The summed E-state index contributed by atoms with van der Waals surface area (Å²) in [5, 5.41) is 10.3. The van der Waals surface area contributed by atoms with Gasteiger partial charge in [-0.25, -0.2) is 0 Å². The number of aliphatic hydroxyl groups is 1. The molecule has 0 fully saturated rings. The lowest BCUT2D eigenvalue weighted by Crippen LogP contribution is -2.40. The molecule has 0 spiro atoms. The van der Waals surface area contributed by atoms with E-state index >= 15 is 0 Å². The fourth-order valence-corrected chi connectivity index (χ4v) is 1.89. The fourth-order valence-electron chi connectivity index (χ4n) is 1.89. The molecule has 84 valence electrons. The first-order valence-corrected chi connectivity index (χ1v) is 5.58. The summed E-state index contributed by atoms with van der Waals surface area (Å²) in [6.45, 7) is 4.46. The molecule has 2 heteroatoms. The van der Waals surface area contributed by atoms with Gasteiger partial charge in [-0.3, -0.25) is 0 Å². The van der Waals surface area contributed by atoms with E-state index in [-0.39, 0.29) is 0 Å². The molecule has 0 heterocycles. The highest BCUT2D eigenvalue weighted by Crippen LogP contribution is 2.20. The van der Waals surface area contributed by atoms with E-state index in [1.807, 2.05) is 12.1 Å². The molecular weight excluding hydrogens is 186 g/mol. The van der Waals surface area contributed by atoms with Crippen LogP contribution in [0.3, 0.4) is 0 Å². The van der Waals surface area contributed by atoms with Gasteiger partial charge in [0.15, 0.2) is 0 Å². The summed E-state index contributed by atoms with van der Waals surface area (Å²) in [6.07, 6.45) is 2.38. The second-order valence-corrected chi connectivity index (χ2v) is 4.28. The van der Waals surface area contributed by atoms with Gasteiger partial charge in [0.2, 0.25) is 0 Å². The van der Waals surface area contributed by atoms with Crippen LogP contribution in [0.2, 0.25) is 0 Å². The molecule has 1 atom stereocenters. The highest BCUT2D eigenvalue weighted by molar-refractivity contribution is 5.27. The zero-order chi connectivity index (χ0) is 11.3. The first-order chi connectivity index (χ1) is 7.11. The van der Waals surface area contributed by atoms with Crippen LogP contribution in [0.25, 0.3) is 0 Å². The fraction of sp³-hybridized carbons (Fsp3) is 0.538. The summed E-state index contributed by atoms with van der Waals surface area (Å²) in [4.78, 5) is 0. The van der Waals surface area contributed by atoms with Crippen LogP contribution in [0.15, 0.2) is 24.3 Å². The van der Waals surface area contributed by atoms with Crippen molar-refractivity contribution in [3.05, 3.63) is 35.4 Å². The first-order valence-electron chi connectivity index (χ1n) is 5.58. The van der Waals surface area contributed by atoms with E-state index in [9.17, 15) is 5.11 Å². The van der Waals surface area contributed by atoms with E-state index in [4.69, 9.17) is 5.73 Å². The number of aryl methyl sites for hydroxylation is 1. The predicted octanol–water partition coefficient (Wildman–Crippen LogP) is 2.03. The smallest absolute Gasteiger partial charge is 0.0809 e. The summed E-state index contributed by atoms with van der Waals surface area (Å²) in [5.74, 6) is 0. The Hall–Kier alpha value is -0.860. The molecule has 0 aromatic heterocycles. The average Bonchev–Trinajstić information content (AvgIpc) is 2.22. The molecule has 0 amide bonds. The largest absolute Gasteiger partial charge is 0.388 e. The van der Waals surface area contributed by atoms with Crippen molar-refractivity contribution in [2.24, 2.45) is 5.73 Å². The van der Waals surface area contributed by atoms with Crippen LogP contribution in [-0.4, -0.2) is 17.3 Å². The van der Waals surface area contributed by atoms with Crippen LogP contribution in [0.1, 0.15) is 30.9 Å². The SMILES string of the molecule is CCCC(O)(CN)Cc1ccccc1C. The van der Waals surface area contributed by atoms with Gasteiger partial charge < -0.3 is 10.8 Å². The van der Waals surface area contributed by atoms with E-state index in [1.165, 1.54) is 11.1 Å². The number of hydrogen-bond acceptors (Lipinski definition) is 2. The predicted molar refractivity (Wildman–Crippen MR) is 63.8 cm³/mol. The molecule has 15 heavy (non-hydrogen) atoms. The Bertz CT molecular complexity index is 311. The quantitative estimate of drug-likeness (QED) is 0.776. The molecule has 2 nitrogen and oxygen atoms in total. The molecule has 0 bridgehead atoms. The molecule has 0 saturated carbocycles. The van der Waals surface area contributed by atoms with Crippen molar-refractivity contribution < 1.29 is 5.11 Å². The van der Waals surface area contributed by atoms with E-state index in [2.05, 4.69) is 26.0 Å². The molecule has 1 rings (SSSR count). The maximum atomic E-state index is 10.3. The molecular formula is C13H21NO. The summed E-state index contributed by atoms with van der Waals surface area (Å²) >= 11 is 0. The van der Waals surface area contributed by atoms with Crippen molar-refractivity contribution in [3.8, 4) is 0 Å². The van der Waals surface area contributed by atoms with Crippen LogP contribution in [0.5, 0.6) is 0 Å². The van der Waals surface area contributed by atoms with Gasteiger partial charge in [0.1, 0.15) is 0 Å². The number of benzene rings is 1. The third kappa shape index (κ3) is 3.33. The van der Waals surface area contributed by atoms with Crippen molar-refractivity contribution in [1.82, 2.24) is 0 Å². The van der Waals surface area contributed by atoms with E-state index in [1.54, 1.807) is 0 Å². The Morgan fingerprint density at radius 3 is 2.53 bits per heavy atom. The summed E-state index contributed by atoms with van der Waals surface area (Å²) in [7, 11) is 0.